The summed E-state index contributed by atoms with van der Waals surface area (Å²) >= 11 is 0. The van der Waals surface area contributed by atoms with Gasteiger partial charge in [-0.1, -0.05) is 6.92 Å². The summed E-state index contributed by atoms with van der Waals surface area (Å²) in [4.78, 5) is 20.0. The van der Waals surface area contributed by atoms with Crippen molar-refractivity contribution in [1.82, 2.24) is 9.97 Å². The van der Waals surface area contributed by atoms with Crippen LogP contribution >= 0.6 is 0 Å². The van der Waals surface area contributed by atoms with Crippen LogP contribution in [0.2, 0.25) is 0 Å². The molecule has 3 N–H and O–H groups in total. The highest BCUT2D eigenvalue weighted by atomic mass is 16.2. The fourth-order valence-electron chi connectivity index (χ4n) is 1.19. The van der Waals surface area contributed by atoms with E-state index in [0.29, 0.717) is 12.4 Å². The zero-order valence-electron chi connectivity index (χ0n) is 10.2. The van der Waals surface area contributed by atoms with Crippen molar-refractivity contribution >= 4 is 11.9 Å². The number of anilines is 1. The van der Waals surface area contributed by atoms with Gasteiger partial charge in [0, 0.05) is 11.4 Å². The first kappa shape index (κ1) is 12.6. The van der Waals surface area contributed by atoms with Crippen LogP contribution in [0.5, 0.6) is 0 Å². The first-order valence-electron chi connectivity index (χ1n) is 5.28. The summed E-state index contributed by atoms with van der Waals surface area (Å²) < 4.78 is 0. The number of nitrogens with zero attached hydrogens (tertiary/aromatic N) is 2. The van der Waals surface area contributed by atoms with Gasteiger partial charge < -0.3 is 5.73 Å². The average molecular weight is 222 g/mol. The largest absolute Gasteiger partial charge is 0.318 e. The maximum atomic E-state index is 11.8. The predicted octanol–water partition coefficient (Wildman–Crippen LogP) is 1.16. The average Bonchev–Trinajstić information content (AvgIpc) is 2.15. The summed E-state index contributed by atoms with van der Waals surface area (Å²) in [6, 6.07) is 1.84. The van der Waals surface area contributed by atoms with Crippen LogP contribution in [-0.2, 0) is 4.79 Å². The van der Waals surface area contributed by atoms with E-state index in [1.165, 1.54) is 0 Å². The Morgan fingerprint density at radius 2 is 1.94 bits per heavy atom. The van der Waals surface area contributed by atoms with Gasteiger partial charge in [0.15, 0.2) is 0 Å². The number of aryl methyl sites for hydroxylation is 2. The van der Waals surface area contributed by atoms with Gasteiger partial charge in [-0.25, -0.2) is 9.97 Å². The van der Waals surface area contributed by atoms with Crippen LogP contribution < -0.4 is 11.1 Å². The van der Waals surface area contributed by atoms with E-state index in [2.05, 4.69) is 15.3 Å². The molecule has 0 bridgehead atoms. The Kier molecular flexibility index (Phi) is 3.59. The Balaban J connectivity index is 2.85. The lowest BCUT2D eigenvalue weighted by Crippen LogP contribution is -2.48. The van der Waals surface area contributed by atoms with Crippen LogP contribution in [0, 0.1) is 13.8 Å². The molecule has 88 valence electrons. The van der Waals surface area contributed by atoms with Crippen molar-refractivity contribution in [3.05, 3.63) is 17.5 Å². The van der Waals surface area contributed by atoms with Gasteiger partial charge >= 0.3 is 0 Å². The monoisotopic (exact) mass is 222 g/mol. The molecule has 0 saturated carbocycles. The maximum absolute atomic E-state index is 11.8. The summed E-state index contributed by atoms with van der Waals surface area (Å²) in [6.45, 7) is 7.25. The Morgan fingerprint density at radius 1 is 1.44 bits per heavy atom. The van der Waals surface area contributed by atoms with E-state index >= 15 is 0 Å². The van der Waals surface area contributed by atoms with Crippen molar-refractivity contribution in [2.45, 2.75) is 39.7 Å². The first-order chi connectivity index (χ1) is 7.35. The van der Waals surface area contributed by atoms with Gasteiger partial charge in [-0.3, -0.25) is 10.1 Å². The highest BCUT2D eigenvalue weighted by molar-refractivity contribution is 5.96. The molecule has 0 spiro atoms. The number of amides is 1. The van der Waals surface area contributed by atoms with Gasteiger partial charge in [-0.2, -0.15) is 0 Å². The lowest BCUT2D eigenvalue weighted by Gasteiger charge is -2.20. The molecule has 5 heteroatoms. The normalized spacial score (nSPS) is 14.3. The van der Waals surface area contributed by atoms with E-state index in [9.17, 15) is 4.79 Å². The van der Waals surface area contributed by atoms with Crippen LogP contribution in [0.4, 0.5) is 5.95 Å². The van der Waals surface area contributed by atoms with E-state index < -0.39 is 5.54 Å². The van der Waals surface area contributed by atoms with E-state index in [1.54, 1.807) is 6.92 Å². The number of hydrogen-bond acceptors (Lipinski definition) is 4. The zero-order chi connectivity index (χ0) is 12.3. The van der Waals surface area contributed by atoms with Gasteiger partial charge in [0.25, 0.3) is 0 Å². The topological polar surface area (TPSA) is 80.9 Å². The van der Waals surface area contributed by atoms with Gasteiger partial charge in [0.2, 0.25) is 11.9 Å². The molecule has 5 nitrogen and oxygen atoms in total. The highest BCUT2D eigenvalue weighted by Gasteiger charge is 2.26. The standard InChI is InChI=1S/C11H18N4O/c1-5-11(4,12)9(16)15-10-13-7(2)6-8(3)14-10/h6H,5,12H2,1-4H3,(H,13,14,15,16). The summed E-state index contributed by atoms with van der Waals surface area (Å²) in [6.07, 6.45) is 0.559. The molecular weight excluding hydrogens is 204 g/mol. The minimum Gasteiger partial charge on any atom is -0.318 e. The van der Waals surface area contributed by atoms with Gasteiger partial charge in [0.1, 0.15) is 0 Å². The van der Waals surface area contributed by atoms with Crippen LogP contribution in [0.15, 0.2) is 6.07 Å². The predicted molar refractivity (Wildman–Crippen MR) is 63.0 cm³/mol. The van der Waals surface area contributed by atoms with Crippen molar-refractivity contribution in [3.8, 4) is 0 Å². The Bertz CT molecular complexity index is 381. The van der Waals surface area contributed by atoms with Gasteiger partial charge in [0.05, 0.1) is 5.54 Å². The number of nitrogens with one attached hydrogen (secondary N) is 1. The smallest absolute Gasteiger partial charge is 0.246 e. The number of hydrogen-bond donors (Lipinski definition) is 2. The van der Waals surface area contributed by atoms with E-state index in [-0.39, 0.29) is 5.91 Å². The molecule has 16 heavy (non-hydrogen) atoms. The summed E-state index contributed by atoms with van der Waals surface area (Å²) in [5, 5.41) is 2.63. The van der Waals surface area contributed by atoms with Crippen molar-refractivity contribution in [1.29, 1.82) is 0 Å². The molecule has 1 aromatic heterocycles. The third-order valence-corrected chi connectivity index (χ3v) is 2.46. The minimum absolute atomic E-state index is 0.264. The summed E-state index contributed by atoms with van der Waals surface area (Å²) in [5.74, 6) is 0.0487. The molecule has 1 atom stereocenters. The van der Waals surface area contributed by atoms with Crippen molar-refractivity contribution in [3.63, 3.8) is 0 Å². The number of carbonyl (C=O) groups excluding carboxylic acids is 1. The van der Waals surface area contributed by atoms with Crippen LogP contribution in [0.1, 0.15) is 31.7 Å². The van der Waals surface area contributed by atoms with E-state index in [1.807, 2.05) is 26.8 Å². The van der Waals surface area contributed by atoms with E-state index in [0.717, 1.165) is 11.4 Å². The van der Waals surface area contributed by atoms with Crippen LogP contribution in [0.25, 0.3) is 0 Å². The van der Waals surface area contributed by atoms with Crippen LogP contribution in [-0.4, -0.2) is 21.4 Å². The minimum atomic E-state index is -0.888. The molecule has 0 fully saturated rings. The van der Waals surface area contributed by atoms with Crippen LogP contribution in [0.3, 0.4) is 0 Å². The summed E-state index contributed by atoms with van der Waals surface area (Å²) in [7, 11) is 0. The molecule has 1 aromatic rings. The van der Waals surface area contributed by atoms with E-state index in [4.69, 9.17) is 5.73 Å². The number of carbonyl (C=O) groups is 1. The Morgan fingerprint density at radius 3 is 2.38 bits per heavy atom. The number of aromatic nitrogens is 2. The lowest BCUT2D eigenvalue weighted by molar-refractivity contribution is -0.120. The molecule has 1 unspecified atom stereocenters. The van der Waals surface area contributed by atoms with Crippen molar-refractivity contribution < 1.29 is 4.79 Å². The second kappa shape index (κ2) is 4.57. The second-order valence-corrected chi connectivity index (χ2v) is 4.20. The molecule has 0 aliphatic carbocycles. The SMILES string of the molecule is CCC(C)(N)C(=O)Nc1nc(C)cc(C)n1. The number of rotatable bonds is 3. The molecular formula is C11H18N4O. The Hall–Kier alpha value is -1.49. The van der Waals surface area contributed by atoms with Crippen molar-refractivity contribution in [2.75, 3.05) is 5.32 Å². The Labute approximate surface area is 95.5 Å². The second-order valence-electron chi connectivity index (χ2n) is 4.20. The molecule has 0 saturated heterocycles. The molecule has 1 amide bonds. The van der Waals surface area contributed by atoms with Crippen molar-refractivity contribution in [2.24, 2.45) is 5.73 Å². The first-order valence-corrected chi connectivity index (χ1v) is 5.28. The quantitative estimate of drug-likeness (QED) is 0.804. The molecule has 0 aliphatic heterocycles. The van der Waals surface area contributed by atoms with Gasteiger partial charge in [-0.15, -0.1) is 0 Å². The third kappa shape index (κ3) is 3.00. The third-order valence-electron chi connectivity index (χ3n) is 2.46. The molecule has 0 aromatic carbocycles. The lowest BCUT2D eigenvalue weighted by atomic mass is 10.00. The number of nitrogens with two attached hydrogens (primary N) is 1. The molecule has 0 aliphatic rings. The molecule has 1 rings (SSSR count). The van der Waals surface area contributed by atoms with Gasteiger partial charge in [-0.05, 0) is 33.3 Å². The highest BCUT2D eigenvalue weighted by Crippen LogP contribution is 2.09. The maximum Gasteiger partial charge on any atom is 0.246 e. The summed E-state index contributed by atoms with van der Waals surface area (Å²) in [5.41, 5.74) is 6.56. The molecule has 0 radical (unpaired) electrons. The fraction of sp³-hybridized carbons (Fsp3) is 0.545. The fourth-order valence-corrected chi connectivity index (χ4v) is 1.19. The zero-order valence-corrected chi connectivity index (χ0v) is 10.2. The molecule has 1 heterocycles.